The summed E-state index contributed by atoms with van der Waals surface area (Å²) in [6.07, 6.45) is 6.07. The van der Waals surface area contributed by atoms with Crippen LogP contribution in [0.15, 0.2) is 36.8 Å². The van der Waals surface area contributed by atoms with E-state index < -0.39 is 0 Å². The summed E-state index contributed by atoms with van der Waals surface area (Å²) < 4.78 is 0. The van der Waals surface area contributed by atoms with E-state index in [1.165, 1.54) is 5.56 Å². The Morgan fingerprint density at radius 2 is 2.00 bits per heavy atom. The van der Waals surface area contributed by atoms with Crippen molar-refractivity contribution in [2.24, 2.45) is 5.73 Å². The Labute approximate surface area is 117 Å². The summed E-state index contributed by atoms with van der Waals surface area (Å²) in [6.45, 7) is 0.804. The minimum Gasteiger partial charge on any atom is -0.389 e. The Balaban J connectivity index is 2.08. The highest BCUT2D eigenvalue weighted by Crippen LogP contribution is 2.15. The third-order valence-electron chi connectivity index (χ3n) is 2.81. The quantitative estimate of drug-likeness (QED) is 0.825. The molecule has 2 aromatic rings. The van der Waals surface area contributed by atoms with Crippen molar-refractivity contribution in [3.8, 4) is 0 Å². The highest BCUT2D eigenvalue weighted by Gasteiger charge is 2.11. The Hall–Kier alpha value is -2.08. The molecule has 0 aromatic carbocycles. The number of aromatic nitrogens is 3. The predicted octanol–water partition coefficient (Wildman–Crippen LogP) is 1.18. The number of hydrogen-bond acceptors (Lipinski definition) is 5. The first-order chi connectivity index (χ1) is 9.18. The molecule has 0 aliphatic heterocycles. The van der Waals surface area contributed by atoms with Crippen LogP contribution < -0.4 is 10.6 Å². The molecule has 0 spiro atoms. The van der Waals surface area contributed by atoms with E-state index in [1.54, 1.807) is 24.7 Å². The van der Waals surface area contributed by atoms with Gasteiger partial charge >= 0.3 is 0 Å². The van der Waals surface area contributed by atoms with Gasteiger partial charge in [-0.2, -0.15) is 5.10 Å². The first kappa shape index (κ1) is 13.4. The Kier molecular flexibility index (Phi) is 4.35. The van der Waals surface area contributed by atoms with Crippen molar-refractivity contribution >= 4 is 23.0 Å². The van der Waals surface area contributed by atoms with E-state index in [1.807, 2.05) is 24.1 Å². The van der Waals surface area contributed by atoms with Gasteiger partial charge in [0.15, 0.2) is 5.82 Å². The van der Waals surface area contributed by atoms with Crippen LogP contribution in [-0.4, -0.2) is 33.8 Å². The lowest BCUT2D eigenvalue weighted by Crippen LogP contribution is -2.25. The number of nitrogens with zero attached hydrogens (tertiary/aromatic N) is 4. The molecule has 0 aliphatic carbocycles. The van der Waals surface area contributed by atoms with E-state index in [0.717, 1.165) is 18.5 Å². The largest absolute Gasteiger partial charge is 0.389 e. The molecular weight excluding hydrogens is 258 g/mol. The van der Waals surface area contributed by atoms with E-state index in [2.05, 4.69) is 15.2 Å². The van der Waals surface area contributed by atoms with Gasteiger partial charge in [0.05, 0.1) is 11.8 Å². The molecule has 0 unspecified atom stereocenters. The second-order valence-corrected chi connectivity index (χ2v) is 4.60. The number of thiocarbonyl (C=S) groups is 1. The van der Waals surface area contributed by atoms with Gasteiger partial charge in [0.2, 0.25) is 0 Å². The third kappa shape index (κ3) is 3.45. The van der Waals surface area contributed by atoms with Gasteiger partial charge < -0.3 is 10.6 Å². The standard InChI is InChI=1S/C13H15N5S/c1-18(9-5-10-2-6-15-7-3-10)13-11(12(14)19)4-8-16-17-13/h2-4,6-8H,5,9H2,1H3,(H2,14,19). The van der Waals surface area contributed by atoms with Crippen LogP contribution in [0.3, 0.4) is 0 Å². The van der Waals surface area contributed by atoms with Gasteiger partial charge in [0.1, 0.15) is 4.99 Å². The van der Waals surface area contributed by atoms with Gasteiger partial charge in [-0.3, -0.25) is 4.98 Å². The maximum atomic E-state index is 5.69. The molecule has 2 heterocycles. The molecule has 0 radical (unpaired) electrons. The zero-order valence-electron chi connectivity index (χ0n) is 10.7. The van der Waals surface area contributed by atoms with Crippen molar-refractivity contribution < 1.29 is 0 Å². The number of rotatable bonds is 5. The fourth-order valence-electron chi connectivity index (χ4n) is 1.75. The topological polar surface area (TPSA) is 67.9 Å². The first-order valence-electron chi connectivity index (χ1n) is 5.90. The molecule has 0 bridgehead atoms. The summed E-state index contributed by atoms with van der Waals surface area (Å²) in [6, 6.07) is 5.78. The van der Waals surface area contributed by atoms with Crippen LogP contribution in [0.5, 0.6) is 0 Å². The summed E-state index contributed by atoms with van der Waals surface area (Å²) in [5.74, 6) is 0.712. The molecule has 0 fully saturated rings. The lowest BCUT2D eigenvalue weighted by Gasteiger charge is -2.19. The predicted molar refractivity (Wildman–Crippen MR) is 79.1 cm³/mol. The van der Waals surface area contributed by atoms with Crippen molar-refractivity contribution in [1.82, 2.24) is 15.2 Å². The van der Waals surface area contributed by atoms with Crippen LogP contribution in [0.4, 0.5) is 5.82 Å². The lowest BCUT2D eigenvalue weighted by molar-refractivity contribution is 0.837. The summed E-state index contributed by atoms with van der Waals surface area (Å²) in [7, 11) is 1.95. The number of likely N-dealkylation sites (N-methyl/N-ethyl adjacent to an activating group) is 1. The van der Waals surface area contributed by atoms with Crippen molar-refractivity contribution in [2.45, 2.75) is 6.42 Å². The summed E-state index contributed by atoms with van der Waals surface area (Å²) in [4.78, 5) is 6.33. The molecule has 2 aromatic heterocycles. The van der Waals surface area contributed by atoms with Crippen LogP contribution in [0, 0.1) is 0 Å². The van der Waals surface area contributed by atoms with Gasteiger partial charge in [-0.25, -0.2) is 0 Å². The van der Waals surface area contributed by atoms with E-state index in [9.17, 15) is 0 Å². The van der Waals surface area contributed by atoms with Crippen LogP contribution in [0.25, 0.3) is 0 Å². The van der Waals surface area contributed by atoms with Crippen LogP contribution in [0.1, 0.15) is 11.1 Å². The summed E-state index contributed by atoms with van der Waals surface area (Å²) >= 11 is 5.02. The molecule has 5 nitrogen and oxygen atoms in total. The molecule has 6 heteroatoms. The maximum Gasteiger partial charge on any atom is 0.161 e. The molecule has 0 saturated heterocycles. The van der Waals surface area contributed by atoms with Gasteiger partial charge in [-0.1, -0.05) is 12.2 Å². The SMILES string of the molecule is CN(CCc1ccncc1)c1nnccc1C(N)=S. The summed E-state index contributed by atoms with van der Waals surface area (Å²) in [5, 5.41) is 8.00. The fourth-order valence-corrected chi connectivity index (χ4v) is 1.91. The number of nitrogens with two attached hydrogens (primary N) is 1. The third-order valence-corrected chi connectivity index (χ3v) is 3.03. The first-order valence-corrected chi connectivity index (χ1v) is 6.31. The molecular formula is C13H15N5S. The Bertz CT molecular complexity index is 558. The average Bonchev–Trinajstić information content (AvgIpc) is 2.46. The number of hydrogen-bond donors (Lipinski definition) is 1. The Morgan fingerprint density at radius 3 is 2.68 bits per heavy atom. The van der Waals surface area contributed by atoms with Gasteiger partial charge in [-0.05, 0) is 30.2 Å². The highest BCUT2D eigenvalue weighted by atomic mass is 32.1. The monoisotopic (exact) mass is 273 g/mol. The van der Waals surface area contributed by atoms with Crippen molar-refractivity contribution in [3.63, 3.8) is 0 Å². The molecule has 19 heavy (non-hydrogen) atoms. The molecule has 0 saturated carbocycles. The number of pyridine rings is 1. The molecule has 2 N–H and O–H groups in total. The second kappa shape index (κ2) is 6.19. The van der Waals surface area contributed by atoms with Crippen molar-refractivity contribution in [1.29, 1.82) is 0 Å². The minimum atomic E-state index is 0.334. The zero-order valence-corrected chi connectivity index (χ0v) is 11.5. The fraction of sp³-hybridized carbons (Fsp3) is 0.231. The summed E-state index contributed by atoms with van der Waals surface area (Å²) in [5.41, 5.74) is 7.67. The average molecular weight is 273 g/mol. The van der Waals surface area contributed by atoms with E-state index >= 15 is 0 Å². The number of anilines is 1. The molecule has 98 valence electrons. The highest BCUT2D eigenvalue weighted by molar-refractivity contribution is 7.80. The second-order valence-electron chi connectivity index (χ2n) is 4.16. The van der Waals surface area contributed by atoms with E-state index in [4.69, 9.17) is 18.0 Å². The van der Waals surface area contributed by atoms with Crippen molar-refractivity contribution in [3.05, 3.63) is 47.9 Å². The molecule has 0 amide bonds. The normalized spacial score (nSPS) is 10.2. The smallest absolute Gasteiger partial charge is 0.161 e. The van der Waals surface area contributed by atoms with Crippen LogP contribution >= 0.6 is 12.2 Å². The van der Waals surface area contributed by atoms with Gasteiger partial charge in [0, 0.05) is 26.0 Å². The van der Waals surface area contributed by atoms with E-state index in [-0.39, 0.29) is 0 Å². The van der Waals surface area contributed by atoms with Crippen molar-refractivity contribution in [2.75, 3.05) is 18.5 Å². The van der Waals surface area contributed by atoms with Gasteiger partial charge in [-0.15, -0.1) is 5.10 Å². The zero-order chi connectivity index (χ0) is 13.7. The maximum absolute atomic E-state index is 5.69. The van der Waals surface area contributed by atoms with Crippen LogP contribution in [0.2, 0.25) is 0 Å². The minimum absolute atomic E-state index is 0.334. The molecule has 2 rings (SSSR count). The van der Waals surface area contributed by atoms with E-state index in [0.29, 0.717) is 10.8 Å². The molecule has 0 aliphatic rings. The van der Waals surface area contributed by atoms with Gasteiger partial charge in [0.25, 0.3) is 0 Å². The lowest BCUT2D eigenvalue weighted by atomic mass is 10.2. The van der Waals surface area contributed by atoms with Crippen LogP contribution in [-0.2, 0) is 6.42 Å². The molecule has 0 atom stereocenters. The Morgan fingerprint density at radius 1 is 1.26 bits per heavy atom.